The van der Waals surface area contributed by atoms with Crippen molar-refractivity contribution >= 4 is 53.5 Å². The fourth-order valence-corrected chi connectivity index (χ4v) is 4.39. The van der Waals surface area contributed by atoms with E-state index in [9.17, 15) is 13.2 Å². The Labute approximate surface area is 186 Å². The van der Waals surface area contributed by atoms with Gasteiger partial charge >= 0.3 is 0 Å². The summed E-state index contributed by atoms with van der Waals surface area (Å²) in [4.78, 5) is 13.0. The van der Waals surface area contributed by atoms with Gasteiger partial charge in [0.2, 0.25) is 15.9 Å². The number of hydrogen-bond donors (Lipinski definition) is 2. The molecule has 1 amide bonds. The van der Waals surface area contributed by atoms with Gasteiger partial charge in [-0.2, -0.15) is 4.72 Å². The summed E-state index contributed by atoms with van der Waals surface area (Å²) in [6.45, 7) is 0. The zero-order valence-electron chi connectivity index (χ0n) is 15.2. The van der Waals surface area contributed by atoms with Crippen molar-refractivity contribution in [3.05, 3.63) is 93.4 Å². The lowest BCUT2D eigenvalue weighted by molar-refractivity contribution is -0.117. The van der Waals surface area contributed by atoms with Gasteiger partial charge in [0.1, 0.15) is 6.04 Å². The number of amides is 1. The normalized spacial score (nSPS) is 12.3. The molecule has 8 heteroatoms. The molecule has 2 N–H and O–H groups in total. The third-order valence-corrected chi connectivity index (χ3v) is 6.68. The fraction of sp³-hybridized carbons (Fsp3) is 0.0952. The van der Waals surface area contributed by atoms with E-state index < -0.39 is 22.0 Å². The molecule has 0 unspecified atom stereocenters. The molecule has 3 aromatic rings. The van der Waals surface area contributed by atoms with Crippen LogP contribution in [0, 0.1) is 0 Å². The van der Waals surface area contributed by atoms with Crippen LogP contribution in [0.3, 0.4) is 0 Å². The lowest BCUT2D eigenvalue weighted by atomic mass is 10.1. The first kappa shape index (κ1) is 21.7. The van der Waals surface area contributed by atoms with Crippen molar-refractivity contribution in [2.24, 2.45) is 0 Å². The average Bonchev–Trinajstić information content (AvgIpc) is 2.70. The molecule has 0 bridgehead atoms. The first-order valence-electron chi connectivity index (χ1n) is 8.72. The molecular formula is C21H18Br2N2O3S. The summed E-state index contributed by atoms with van der Waals surface area (Å²) in [5, 5.41) is 2.78. The van der Waals surface area contributed by atoms with Gasteiger partial charge in [0.25, 0.3) is 0 Å². The molecule has 0 spiro atoms. The Kier molecular flexibility index (Phi) is 7.23. The van der Waals surface area contributed by atoms with Crippen LogP contribution in [0.1, 0.15) is 5.56 Å². The number of anilines is 1. The second-order valence-electron chi connectivity index (χ2n) is 6.31. The van der Waals surface area contributed by atoms with Crippen LogP contribution < -0.4 is 10.0 Å². The summed E-state index contributed by atoms with van der Waals surface area (Å²) in [6, 6.07) is 21.6. The Balaban J connectivity index is 1.84. The molecule has 5 nitrogen and oxygen atoms in total. The Bertz CT molecular complexity index is 1070. The molecule has 3 aromatic carbocycles. The van der Waals surface area contributed by atoms with E-state index in [1.54, 1.807) is 36.4 Å². The molecule has 0 heterocycles. The number of hydrogen-bond acceptors (Lipinski definition) is 3. The summed E-state index contributed by atoms with van der Waals surface area (Å²) in [5.74, 6) is -0.433. The minimum atomic E-state index is -3.88. The molecule has 0 saturated carbocycles. The van der Waals surface area contributed by atoms with Crippen molar-refractivity contribution in [3.63, 3.8) is 0 Å². The number of sulfonamides is 1. The van der Waals surface area contributed by atoms with Gasteiger partial charge in [-0.25, -0.2) is 8.42 Å². The van der Waals surface area contributed by atoms with Crippen LogP contribution in [-0.2, 0) is 21.2 Å². The average molecular weight is 538 g/mol. The maximum absolute atomic E-state index is 12.9. The van der Waals surface area contributed by atoms with Gasteiger partial charge in [-0.05, 0) is 60.5 Å². The van der Waals surface area contributed by atoms with E-state index >= 15 is 0 Å². The van der Waals surface area contributed by atoms with Gasteiger partial charge in [-0.3, -0.25) is 4.79 Å². The van der Waals surface area contributed by atoms with Crippen LogP contribution in [0.5, 0.6) is 0 Å². The third-order valence-electron chi connectivity index (χ3n) is 4.13. The van der Waals surface area contributed by atoms with E-state index in [1.165, 1.54) is 12.1 Å². The molecule has 0 radical (unpaired) electrons. The van der Waals surface area contributed by atoms with Crippen molar-refractivity contribution in [1.82, 2.24) is 4.72 Å². The lowest BCUT2D eigenvalue weighted by Crippen LogP contribution is -2.45. The molecule has 0 aliphatic rings. The first-order chi connectivity index (χ1) is 13.8. The van der Waals surface area contributed by atoms with Crippen molar-refractivity contribution < 1.29 is 13.2 Å². The molecule has 0 aromatic heterocycles. The van der Waals surface area contributed by atoms with Gasteiger partial charge in [-0.1, -0.05) is 62.2 Å². The first-order valence-corrected chi connectivity index (χ1v) is 11.8. The molecule has 3 rings (SSSR count). The summed E-state index contributed by atoms with van der Waals surface area (Å²) >= 11 is 6.64. The second kappa shape index (κ2) is 9.67. The monoisotopic (exact) mass is 536 g/mol. The summed E-state index contributed by atoms with van der Waals surface area (Å²) in [6.07, 6.45) is 0.221. The van der Waals surface area contributed by atoms with Crippen LogP contribution in [0.25, 0.3) is 0 Å². The highest BCUT2D eigenvalue weighted by molar-refractivity contribution is 9.10. The second-order valence-corrected chi connectivity index (χ2v) is 9.86. The molecule has 0 aliphatic heterocycles. The van der Waals surface area contributed by atoms with Crippen LogP contribution in [0.4, 0.5) is 5.69 Å². The van der Waals surface area contributed by atoms with E-state index in [0.29, 0.717) is 5.69 Å². The Morgan fingerprint density at radius 1 is 0.828 bits per heavy atom. The highest BCUT2D eigenvalue weighted by atomic mass is 79.9. The molecule has 29 heavy (non-hydrogen) atoms. The number of carbonyl (C=O) groups is 1. The van der Waals surface area contributed by atoms with Crippen LogP contribution in [-0.4, -0.2) is 20.4 Å². The topological polar surface area (TPSA) is 75.3 Å². The summed E-state index contributed by atoms with van der Waals surface area (Å²) in [7, 11) is -3.88. The van der Waals surface area contributed by atoms with E-state index in [-0.39, 0.29) is 11.3 Å². The van der Waals surface area contributed by atoms with Crippen molar-refractivity contribution in [1.29, 1.82) is 0 Å². The Morgan fingerprint density at radius 2 is 1.38 bits per heavy atom. The predicted molar refractivity (Wildman–Crippen MR) is 121 cm³/mol. The fourth-order valence-electron chi connectivity index (χ4n) is 2.67. The smallest absolute Gasteiger partial charge is 0.242 e. The van der Waals surface area contributed by atoms with Crippen LogP contribution >= 0.6 is 31.9 Å². The van der Waals surface area contributed by atoms with E-state index in [0.717, 1.165) is 14.5 Å². The van der Waals surface area contributed by atoms with E-state index in [1.807, 2.05) is 30.3 Å². The van der Waals surface area contributed by atoms with Crippen LogP contribution in [0.2, 0.25) is 0 Å². The maximum atomic E-state index is 12.9. The highest BCUT2D eigenvalue weighted by Crippen LogP contribution is 2.17. The van der Waals surface area contributed by atoms with E-state index in [2.05, 4.69) is 41.9 Å². The number of halogens is 2. The largest absolute Gasteiger partial charge is 0.325 e. The minimum Gasteiger partial charge on any atom is -0.325 e. The minimum absolute atomic E-state index is 0.0928. The summed E-state index contributed by atoms with van der Waals surface area (Å²) in [5.41, 5.74) is 1.43. The molecular weight excluding hydrogens is 520 g/mol. The molecule has 0 aliphatic carbocycles. The third kappa shape index (κ3) is 6.24. The lowest BCUT2D eigenvalue weighted by Gasteiger charge is -2.19. The van der Waals surface area contributed by atoms with Crippen molar-refractivity contribution in [2.45, 2.75) is 17.4 Å². The Hall–Kier alpha value is -2.00. The maximum Gasteiger partial charge on any atom is 0.242 e. The number of benzene rings is 3. The van der Waals surface area contributed by atoms with Gasteiger partial charge in [-0.15, -0.1) is 0 Å². The van der Waals surface area contributed by atoms with Gasteiger partial charge in [0.15, 0.2) is 0 Å². The zero-order chi connectivity index (χ0) is 20.9. The quantitative estimate of drug-likeness (QED) is 0.457. The number of nitrogens with one attached hydrogen (secondary N) is 2. The molecule has 0 fully saturated rings. The molecule has 150 valence electrons. The van der Waals surface area contributed by atoms with Crippen molar-refractivity contribution in [3.8, 4) is 0 Å². The number of rotatable bonds is 7. The highest BCUT2D eigenvalue weighted by Gasteiger charge is 2.26. The Morgan fingerprint density at radius 3 is 1.97 bits per heavy atom. The van der Waals surface area contributed by atoms with Gasteiger partial charge in [0, 0.05) is 14.6 Å². The van der Waals surface area contributed by atoms with Gasteiger partial charge < -0.3 is 5.32 Å². The SMILES string of the molecule is O=C(Nc1ccc(Br)cc1)[C@H](Cc1ccccc1)NS(=O)(=O)c1ccc(Br)cc1. The predicted octanol–water partition coefficient (Wildman–Crippen LogP) is 4.74. The molecule has 0 saturated heterocycles. The summed E-state index contributed by atoms with van der Waals surface area (Å²) < 4.78 is 29.9. The standard InChI is InChI=1S/C21H18Br2N2O3S/c22-16-6-10-18(11-7-16)24-21(26)20(14-15-4-2-1-3-5-15)25-29(27,28)19-12-8-17(23)9-13-19/h1-13,20,25H,14H2,(H,24,26)/t20-/m0/s1. The zero-order valence-corrected chi connectivity index (χ0v) is 19.2. The van der Waals surface area contributed by atoms with Crippen LogP contribution in [0.15, 0.2) is 92.7 Å². The van der Waals surface area contributed by atoms with E-state index in [4.69, 9.17) is 0 Å². The number of carbonyl (C=O) groups excluding carboxylic acids is 1. The van der Waals surface area contributed by atoms with Gasteiger partial charge in [0.05, 0.1) is 4.90 Å². The van der Waals surface area contributed by atoms with Crippen molar-refractivity contribution in [2.75, 3.05) is 5.32 Å². The molecule has 1 atom stereocenters.